The van der Waals surface area contributed by atoms with E-state index in [2.05, 4.69) is 0 Å². The molecule has 2 aromatic rings. The maximum atomic E-state index is 13.0. The predicted molar refractivity (Wildman–Crippen MR) is 74.6 cm³/mol. The minimum Gasteiger partial charge on any atom is -0.484 e. The topological polar surface area (TPSA) is 59.0 Å². The molecule has 0 radical (unpaired) electrons. The molecule has 2 rings (SSSR count). The van der Waals surface area contributed by atoms with E-state index < -0.39 is 0 Å². The highest BCUT2D eigenvalue weighted by molar-refractivity contribution is 5.35. The minimum absolute atomic E-state index is 0.254. The van der Waals surface area contributed by atoms with Gasteiger partial charge >= 0.3 is 0 Å². The van der Waals surface area contributed by atoms with Crippen LogP contribution >= 0.6 is 0 Å². The molecule has 0 bridgehead atoms. The Labute approximate surface area is 117 Å². The second-order valence-electron chi connectivity index (χ2n) is 4.59. The zero-order valence-corrected chi connectivity index (χ0v) is 11.1. The molecule has 0 fully saturated rings. The van der Waals surface area contributed by atoms with Gasteiger partial charge in [0.15, 0.2) is 0 Å². The quantitative estimate of drug-likeness (QED) is 0.928. The molecule has 0 saturated carbocycles. The van der Waals surface area contributed by atoms with Crippen molar-refractivity contribution in [1.82, 2.24) is 0 Å². The maximum absolute atomic E-state index is 13.0. The van der Waals surface area contributed by atoms with Gasteiger partial charge in [0, 0.05) is 6.04 Å². The van der Waals surface area contributed by atoms with Crippen LogP contribution in [0.5, 0.6) is 5.75 Å². The Balaban J connectivity index is 2.21. The van der Waals surface area contributed by atoms with Gasteiger partial charge in [-0.3, -0.25) is 0 Å². The zero-order chi connectivity index (χ0) is 14.5. The number of hydrogen-bond donors (Lipinski definition) is 1. The van der Waals surface area contributed by atoms with Gasteiger partial charge in [-0.15, -0.1) is 0 Å². The predicted octanol–water partition coefficient (Wildman–Crippen LogP) is 3.16. The van der Waals surface area contributed by atoms with Crippen molar-refractivity contribution in [2.24, 2.45) is 5.73 Å². The maximum Gasteiger partial charge on any atom is 0.138 e. The highest BCUT2D eigenvalue weighted by atomic mass is 19.1. The first-order valence-electron chi connectivity index (χ1n) is 6.28. The largest absolute Gasteiger partial charge is 0.484 e. The number of hydrogen-bond acceptors (Lipinski definition) is 3. The summed E-state index contributed by atoms with van der Waals surface area (Å²) in [5.74, 6) is 0.325. The van der Waals surface area contributed by atoms with Crippen molar-refractivity contribution in [1.29, 1.82) is 5.26 Å². The molecule has 0 aliphatic heterocycles. The fraction of sp³-hybridized carbons (Fsp3) is 0.188. The summed E-state index contributed by atoms with van der Waals surface area (Å²) in [7, 11) is 0. The second kappa shape index (κ2) is 6.18. The number of benzene rings is 2. The van der Waals surface area contributed by atoms with Crippen molar-refractivity contribution in [3.8, 4) is 11.8 Å². The Morgan fingerprint density at radius 1 is 1.10 bits per heavy atom. The first-order valence-corrected chi connectivity index (χ1v) is 6.28. The van der Waals surface area contributed by atoms with Gasteiger partial charge < -0.3 is 10.5 Å². The number of halogens is 1. The normalized spacial score (nSPS) is 13.3. The lowest BCUT2D eigenvalue weighted by molar-refractivity contribution is 0.180. The number of rotatable bonds is 4. The Morgan fingerprint density at radius 3 is 2.20 bits per heavy atom. The third-order valence-corrected chi connectivity index (χ3v) is 2.92. The number of nitriles is 1. The number of ether oxygens (including phenoxy) is 1. The average Bonchev–Trinajstić information content (AvgIpc) is 2.46. The fourth-order valence-electron chi connectivity index (χ4n) is 1.89. The van der Waals surface area contributed by atoms with Crippen LogP contribution in [0.1, 0.15) is 24.2 Å². The van der Waals surface area contributed by atoms with E-state index in [9.17, 15) is 4.39 Å². The van der Waals surface area contributed by atoms with Crippen molar-refractivity contribution in [2.75, 3.05) is 0 Å². The molecule has 0 amide bonds. The van der Waals surface area contributed by atoms with E-state index in [1.165, 1.54) is 12.1 Å². The van der Waals surface area contributed by atoms with Crippen LogP contribution in [-0.2, 0) is 0 Å². The Morgan fingerprint density at radius 2 is 1.70 bits per heavy atom. The molecule has 0 aliphatic rings. The van der Waals surface area contributed by atoms with Gasteiger partial charge in [0.25, 0.3) is 0 Å². The molecule has 2 unspecified atom stereocenters. The van der Waals surface area contributed by atoms with Gasteiger partial charge in [0.2, 0.25) is 0 Å². The molecule has 2 atom stereocenters. The lowest BCUT2D eigenvalue weighted by Gasteiger charge is -2.23. The molecule has 3 nitrogen and oxygen atoms in total. The molecule has 2 N–H and O–H groups in total. The van der Waals surface area contributed by atoms with Gasteiger partial charge in [-0.25, -0.2) is 4.39 Å². The summed E-state index contributed by atoms with van der Waals surface area (Å²) in [4.78, 5) is 0. The third kappa shape index (κ3) is 3.34. The highest BCUT2D eigenvalue weighted by Gasteiger charge is 2.18. The van der Waals surface area contributed by atoms with E-state index in [-0.39, 0.29) is 18.0 Å². The summed E-state index contributed by atoms with van der Waals surface area (Å²) in [5.41, 5.74) is 7.32. The molecule has 0 aliphatic carbocycles. The van der Waals surface area contributed by atoms with Gasteiger partial charge in [0.1, 0.15) is 17.7 Å². The van der Waals surface area contributed by atoms with Crippen LogP contribution in [0.3, 0.4) is 0 Å². The monoisotopic (exact) mass is 270 g/mol. The average molecular weight is 270 g/mol. The smallest absolute Gasteiger partial charge is 0.138 e. The van der Waals surface area contributed by atoms with Crippen LogP contribution in [0.25, 0.3) is 0 Å². The van der Waals surface area contributed by atoms with Crippen molar-refractivity contribution in [2.45, 2.75) is 19.1 Å². The standard InChI is InChI=1S/C16H15FN2O/c1-11(19)16(13-4-6-14(17)7-5-13)20-15-8-2-12(10-18)3-9-15/h2-9,11,16H,19H2,1H3. The third-order valence-electron chi connectivity index (χ3n) is 2.92. The van der Waals surface area contributed by atoms with E-state index >= 15 is 0 Å². The van der Waals surface area contributed by atoms with Crippen LogP contribution in [0.15, 0.2) is 48.5 Å². The summed E-state index contributed by atoms with van der Waals surface area (Å²) in [6.07, 6.45) is -0.372. The van der Waals surface area contributed by atoms with E-state index in [0.29, 0.717) is 11.3 Å². The molecule has 102 valence electrons. The van der Waals surface area contributed by atoms with E-state index in [0.717, 1.165) is 5.56 Å². The number of nitrogens with two attached hydrogens (primary N) is 1. The second-order valence-corrected chi connectivity index (χ2v) is 4.59. The summed E-state index contributed by atoms with van der Waals surface area (Å²) < 4.78 is 18.8. The molecule has 4 heteroatoms. The molecule has 0 spiro atoms. The molecule has 2 aromatic carbocycles. The van der Waals surface area contributed by atoms with E-state index in [4.69, 9.17) is 15.7 Å². The van der Waals surface area contributed by atoms with Crippen LogP contribution in [0.2, 0.25) is 0 Å². The lowest BCUT2D eigenvalue weighted by atomic mass is 10.0. The lowest BCUT2D eigenvalue weighted by Crippen LogP contribution is -2.29. The number of nitrogens with zero attached hydrogens (tertiary/aromatic N) is 1. The molecule has 0 saturated heterocycles. The first kappa shape index (κ1) is 14.0. The first-order chi connectivity index (χ1) is 9.60. The molecular weight excluding hydrogens is 255 g/mol. The summed E-state index contributed by atoms with van der Waals surface area (Å²) in [6, 6.07) is 14.7. The van der Waals surface area contributed by atoms with Gasteiger partial charge in [-0.05, 0) is 48.9 Å². The zero-order valence-electron chi connectivity index (χ0n) is 11.1. The van der Waals surface area contributed by atoms with Gasteiger partial charge in [-0.1, -0.05) is 12.1 Å². The van der Waals surface area contributed by atoms with E-state index in [1.807, 2.05) is 13.0 Å². The SMILES string of the molecule is CC(N)C(Oc1ccc(C#N)cc1)c1ccc(F)cc1. The van der Waals surface area contributed by atoms with Crippen LogP contribution in [0.4, 0.5) is 4.39 Å². The van der Waals surface area contributed by atoms with Crippen molar-refractivity contribution >= 4 is 0 Å². The molecule has 0 aromatic heterocycles. The summed E-state index contributed by atoms with van der Waals surface area (Å²) in [6.45, 7) is 1.83. The van der Waals surface area contributed by atoms with Crippen LogP contribution in [-0.4, -0.2) is 6.04 Å². The molecular formula is C16H15FN2O. The highest BCUT2D eigenvalue weighted by Crippen LogP contribution is 2.24. The Kier molecular flexibility index (Phi) is 4.34. The molecule has 20 heavy (non-hydrogen) atoms. The fourth-order valence-corrected chi connectivity index (χ4v) is 1.89. The van der Waals surface area contributed by atoms with Crippen LogP contribution < -0.4 is 10.5 Å². The molecule has 0 heterocycles. The van der Waals surface area contributed by atoms with Crippen molar-refractivity contribution in [3.63, 3.8) is 0 Å². The summed E-state index contributed by atoms with van der Waals surface area (Å²) >= 11 is 0. The minimum atomic E-state index is -0.372. The van der Waals surface area contributed by atoms with Crippen molar-refractivity contribution < 1.29 is 9.13 Å². The Bertz CT molecular complexity index is 600. The van der Waals surface area contributed by atoms with Crippen LogP contribution in [0, 0.1) is 17.1 Å². The summed E-state index contributed by atoms with van der Waals surface area (Å²) in [5, 5.41) is 8.76. The Hall–Kier alpha value is -2.38. The van der Waals surface area contributed by atoms with Gasteiger partial charge in [0.05, 0.1) is 11.6 Å². The van der Waals surface area contributed by atoms with Gasteiger partial charge in [-0.2, -0.15) is 5.26 Å². The van der Waals surface area contributed by atoms with E-state index in [1.54, 1.807) is 36.4 Å². The van der Waals surface area contributed by atoms with Crippen molar-refractivity contribution in [3.05, 3.63) is 65.5 Å².